The molecule has 2 fully saturated rings. The van der Waals surface area contributed by atoms with E-state index in [4.69, 9.17) is 0 Å². The van der Waals surface area contributed by atoms with Gasteiger partial charge in [-0.3, -0.25) is 0 Å². The van der Waals surface area contributed by atoms with E-state index < -0.39 is 0 Å². The summed E-state index contributed by atoms with van der Waals surface area (Å²) in [5, 5.41) is 3.68. The van der Waals surface area contributed by atoms with E-state index >= 15 is 0 Å². The number of likely N-dealkylation sites (N-methyl/N-ethyl adjacent to an activating group) is 2. The molecule has 0 bridgehead atoms. The van der Waals surface area contributed by atoms with Crippen LogP contribution in [0.1, 0.15) is 0 Å². The molecule has 0 unspecified atom stereocenters. The van der Waals surface area contributed by atoms with E-state index in [1.807, 2.05) is 0 Å². The van der Waals surface area contributed by atoms with E-state index in [1.165, 1.54) is 31.7 Å². The summed E-state index contributed by atoms with van der Waals surface area (Å²) < 4.78 is 2.96. The molecule has 3 aliphatic rings. The second-order valence-electron chi connectivity index (χ2n) is 8.17. The van der Waals surface area contributed by atoms with Crippen molar-refractivity contribution in [2.45, 2.75) is 0 Å². The average Bonchev–Trinajstić information content (AvgIpc) is 2.72. The van der Waals surface area contributed by atoms with Crippen LogP contribution in [0.4, 0.5) is 22.7 Å². The van der Waals surface area contributed by atoms with Crippen molar-refractivity contribution in [2.75, 3.05) is 81.6 Å². The molecule has 0 radical (unpaired) electrons. The first-order chi connectivity index (χ1) is 13.7. The zero-order valence-corrected chi connectivity index (χ0v) is 21.0. The molecule has 5 rings (SSSR count). The fraction of sp³-hybridized carbons (Fsp3) is 0.455. The predicted molar refractivity (Wildman–Crippen MR) is 135 cm³/mol. The van der Waals surface area contributed by atoms with E-state index in [0.29, 0.717) is 15.0 Å². The van der Waals surface area contributed by atoms with Gasteiger partial charge in [-0.2, -0.15) is 0 Å². The second-order valence-corrected chi connectivity index (χ2v) is 10.4. The fourth-order valence-electron chi connectivity index (χ4n) is 4.18. The summed E-state index contributed by atoms with van der Waals surface area (Å²) in [7, 11) is 4.43. The molecule has 164 valence electrons. The summed E-state index contributed by atoms with van der Waals surface area (Å²) in [4.78, 5) is 9.89. The van der Waals surface area contributed by atoms with Gasteiger partial charge in [-0.15, -0.1) is 24.8 Å². The average molecular weight is 515 g/mol. The molecule has 0 spiro atoms. The number of nitrogens with zero attached hydrogens (tertiary/aromatic N) is 4. The third-order valence-electron chi connectivity index (χ3n) is 6.16. The quantitative estimate of drug-likeness (QED) is 0.525. The van der Waals surface area contributed by atoms with E-state index in [2.05, 4.69) is 75.4 Å². The zero-order chi connectivity index (χ0) is 19.1. The SMILES string of the molecule is CN1CCN(c2ccc3c(c2)[Se]c2cc(N4CCN(C)CC4)ccc2N3)CC1.Cl.Cl. The summed E-state index contributed by atoms with van der Waals surface area (Å²) in [6.45, 7) is 9.10. The minimum atomic E-state index is 0. The van der Waals surface area contributed by atoms with Crippen LogP contribution in [-0.2, 0) is 0 Å². The van der Waals surface area contributed by atoms with Gasteiger partial charge in [-0.05, 0) is 0 Å². The van der Waals surface area contributed by atoms with E-state index in [9.17, 15) is 0 Å². The van der Waals surface area contributed by atoms with Crippen molar-refractivity contribution in [1.82, 2.24) is 9.80 Å². The van der Waals surface area contributed by atoms with Crippen LogP contribution in [0, 0.1) is 0 Å². The first-order valence-corrected chi connectivity index (χ1v) is 12.0. The number of rotatable bonds is 2. The summed E-state index contributed by atoms with van der Waals surface area (Å²) >= 11 is 0.348. The van der Waals surface area contributed by atoms with Gasteiger partial charge >= 0.3 is 174 Å². The van der Waals surface area contributed by atoms with Crippen molar-refractivity contribution in [2.24, 2.45) is 0 Å². The smallest absolute Gasteiger partial charge is 0.147 e. The van der Waals surface area contributed by atoms with Crippen LogP contribution in [0.2, 0.25) is 0 Å². The largest absolute Gasteiger partial charge is 0.147 e. The molecular weight excluding hydrogens is 484 g/mol. The normalized spacial score (nSPS) is 19.1. The maximum atomic E-state index is 3.68. The van der Waals surface area contributed by atoms with Crippen LogP contribution in [0.25, 0.3) is 0 Å². The Hall–Kier alpha value is -1.14. The van der Waals surface area contributed by atoms with Gasteiger partial charge in [0.1, 0.15) is 0 Å². The van der Waals surface area contributed by atoms with Gasteiger partial charge in [-0.1, -0.05) is 0 Å². The van der Waals surface area contributed by atoms with Crippen LogP contribution in [-0.4, -0.2) is 91.2 Å². The van der Waals surface area contributed by atoms with Crippen LogP contribution in [0.15, 0.2) is 36.4 Å². The molecule has 5 nitrogen and oxygen atoms in total. The van der Waals surface area contributed by atoms with Crippen LogP contribution in [0.5, 0.6) is 0 Å². The van der Waals surface area contributed by atoms with Crippen molar-refractivity contribution < 1.29 is 0 Å². The molecule has 3 aliphatic heterocycles. The molecule has 3 heterocycles. The van der Waals surface area contributed by atoms with Gasteiger partial charge in [0.05, 0.1) is 0 Å². The third kappa shape index (κ3) is 4.85. The Morgan fingerprint density at radius 2 is 1.03 bits per heavy atom. The maximum Gasteiger partial charge on any atom is -0.147 e. The van der Waals surface area contributed by atoms with Gasteiger partial charge in [-0.25, -0.2) is 0 Å². The summed E-state index contributed by atoms with van der Waals surface area (Å²) in [5.41, 5.74) is 5.35. The van der Waals surface area contributed by atoms with Crippen LogP contribution >= 0.6 is 24.8 Å². The second kappa shape index (κ2) is 9.99. The Bertz CT molecular complexity index is 795. The Morgan fingerprint density at radius 1 is 0.633 bits per heavy atom. The number of hydrogen-bond donors (Lipinski definition) is 1. The number of benzene rings is 2. The predicted octanol–water partition coefficient (Wildman–Crippen LogP) is 1.75. The van der Waals surface area contributed by atoms with Crippen LogP contribution < -0.4 is 24.0 Å². The Balaban J connectivity index is 0.00000128. The Labute approximate surface area is 198 Å². The summed E-state index contributed by atoms with van der Waals surface area (Å²) in [5.74, 6) is 0. The maximum absolute atomic E-state index is 3.68. The van der Waals surface area contributed by atoms with E-state index in [-0.39, 0.29) is 24.8 Å². The summed E-state index contributed by atoms with van der Waals surface area (Å²) in [6.07, 6.45) is 0. The molecule has 0 atom stereocenters. The monoisotopic (exact) mass is 515 g/mol. The number of hydrogen-bond acceptors (Lipinski definition) is 5. The number of piperazine rings is 2. The summed E-state index contributed by atoms with van der Waals surface area (Å²) in [6, 6.07) is 14.0. The first-order valence-electron chi connectivity index (χ1n) is 10.3. The van der Waals surface area contributed by atoms with Crippen molar-refractivity contribution >= 4 is 71.4 Å². The molecule has 2 aromatic rings. The molecule has 0 saturated carbocycles. The minimum absolute atomic E-state index is 0. The molecule has 30 heavy (non-hydrogen) atoms. The third-order valence-corrected chi connectivity index (χ3v) is 8.50. The topological polar surface area (TPSA) is 25.0 Å². The zero-order valence-electron chi connectivity index (χ0n) is 17.6. The molecule has 2 saturated heterocycles. The number of fused-ring (bicyclic) bond motifs is 2. The molecule has 8 heteroatoms. The van der Waals surface area contributed by atoms with Crippen molar-refractivity contribution in [3.63, 3.8) is 0 Å². The van der Waals surface area contributed by atoms with Gasteiger partial charge in [0.15, 0.2) is 0 Å². The number of anilines is 4. The van der Waals surface area contributed by atoms with Gasteiger partial charge < -0.3 is 0 Å². The van der Waals surface area contributed by atoms with Crippen LogP contribution in [0.3, 0.4) is 0 Å². The molecule has 2 aromatic carbocycles. The molecule has 0 amide bonds. The number of halogens is 2. The molecule has 0 aromatic heterocycles. The molecule has 1 N–H and O–H groups in total. The van der Waals surface area contributed by atoms with Crippen molar-refractivity contribution in [3.8, 4) is 0 Å². The standard InChI is InChI=1S/C22H29N5Se.2ClH/c1-24-7-11-26(12-8-24)17-3-5-19-21(15-17)28-22-16-18(4-6-20(22)23-19)27-13-9-25(2)10-14-27;;/h3-6,15-16,23H,7-14H2,1-2H3;2*1H. The molecule has 0 aliphatic carbocycles. The van der Waals surface area contributed by atoms with Crippen molar-refractivity contribution in [3.05, 3.63) is 36.4 Å². The van der Waals surface area contributed by atoms with Gasteiger partial charge in [0.25, 0.3) is 0 Å². The Kier molecular flexibility index (Phi) is 7.83. The van der Waals surface area contributed by atoms with Gasteiger partial charge in [0, 0.05) is 0 Å². The molecular formula is C22H31Cl2N5Se. The van der Waals surface area contributed by atoms with Crippen molar-refractivity contribution in [1.29, 1.82) is 0 Å². The fourth-order valence-corrected chi connectivity index (χ4v) is 6.40. The van der Waals surface area contributed by atoms with Gasteiger partial charge in [0.2, 0.25) is 0 Å². The van der Waals surface area contributed by atoms with E-state index in [1.54, 1.807) is 0 Å². The minimum Gasteiger partial charge on any atom is -0.147 e. The first kappa shape index (κ1) is 23.5. The number of nitrogens with one attached hydrogen (secondary N) is 1. The van der Waals surface area contributed by atoms with E-state index in [0.717, 1.165) is 52.4 Å². The Morgan fingerprint density at radius 3 is 1.43 bits per heavy atom.